The fourth-order valence-electron chi connectivity index (χ4n) is 3.16. The minimum Gasteiger partial charge on any atom is -0.368 e. The van der Waals surface area contributed by atoms with Gasteiger partial charge in [0.2, 0.25) is 29.5 Å². The van der Waals surface area contributed by atoms with Crippen LogP contribution in [0.15, 0.2) is 30.3 Å². The van der Waals surface area contributed by atoms with E-state index in [1.165, 1.54) is 23.7 Å². The summed E-state index contributed by atoms with van der Waals surface area (Å²) in [7, 11) is 4.93. The lowest BCUT2D eigenvalue weighted by atomic mass is 10.0. The second-order valence-corrected chi connectivity index (χ2v) is 9.51. The van der Waals surface area contributed by atoms with Crippen molar-refractivity contribution in [2.75, 3.05) is 58.8 Å². The van der Waals surface area contributed by atoms with Crippen LogP contribution in [0.3, 0.4) is 0 Å². The molecule has 0 bridgehead atoms. The molecule has 1 aromatic rings. The van der Waals surface area contributed by atoms with E-state index in [4.69, 9.17) is 11.5 Å². The first-order valence-electron chi connectivity index (χ1n) is 11.4. The zero-order chi connectivity index (χ0) is 27.1. The number of rotatable bonds is 16. The molecule has 0 aliphatic heterocycles. The van der Waals surface area contributed by atoms with E-state index in [0.29, 0.717) is 5.75 Å². The van der Waals surface area contributed by atoms with Gasteiger partial charge in [-0.25, -0.2) is 0 Å². The van der Waals surface area contributed by atoms with Crippen LogP contribution in [0, 0.1) is 0 Å². The van der Waals surface area contributed by atoms with Crippen molar-refractivity contribution in [3.63, 3.8) is 0 Å². The highest BCUT2D eigenvalue weighted by atomic mass is 32.2. The standard InChI is InChI=1S/C23H37N7O5S/c1-29(2)14-20(32)28-18(12-24)22(34)26-9-10-36-15-21(33)27-17(11-16-7-5-4-6-8-16)23(35)30(3)13-19(25)31/h4-8,17-18H,9-15,24H2,1-3H3,(H2,25,31)(H,26,34)(H,27,33)(H,28,32)/t17-,18-/m0/s1. The molecule has 0 radical (unpaired) electrons. The first kappa shape index (κ1) is 30.9. The fraction of sp³-hybridized carbons (Fsp3) is 0.522. The zero-order valence-electron chi connectivity index (χ0n) is 21.0. The molecule has 200 valence electrons. The maximum Gasteiger partial charge on any atom is 0.245 e. The number of carbonyl (C=O) groups excluding carboxylic acids is 5. The Hall–Kier alpha value is -3.16. The van der Waals surface area contributed by atoms with E-state index in [9.17, 15) is 24.0 Å². The predicted molar refractivity (Wildman–Crippen MR) is 139 cm³/mol. The molecule has 2 atom stereocenters. The van der Waals surface area contributed by atoms with Gasteiger partial charge in [0.1, 0.15) is 12.1 Å². The maximum atomic E-state index is 12.8. The summed E-state index contributed by atoms with van der Waals surface area (Å²) in [5.74, 6) is -1.65. The molecule has 13 heteroatoms. The number of primary amides is 1. The number of carbonyl (C=O) groups is 5. The first-order valence-corrected chi connectivity index (χ1v) is 12.5. The molecule has 0 aliphatic carbocycles. The van der Waals surface area contributed by atoms with Gasteiger partial charge in [-0.3, -0.25) is 24.0 Å². The Labute approximate surface area is 215 Å². The van der Waals surface area contributed by atoms with Crippen LogP contribution in [-0.2, 0) is 30.4 Å². The third-order valence-corrected chi connectivity index (χ3v) is 5.77. The summed E-state index contributed by atoms with van der Waals surface area (Å²) in [5.41, 5.74) is 11.6. The molecule has 36 heavy (non-hydrogen) atoms. The van der Waals surface area contributed by atoms with Crippen molar-refractivity contribution >= 4 is 41.3 Å². The Kier molecular flexibility index (Phi) is 14.1. The van der Waals surface area contributed by atoms with E-state index in [1.807, 2.05) is 30.3 Å². The lowest BCUT2D eigenvalue weighted by Gasteiger charge is -2.24. The summed E-state index contributed by atoms with van der Waals surface area (Å²) in [6.07, 6.45) is 0.259. The molecule has 1 aromatic carbocycles. The van der Waals surface area contributed by atoms with Crippen LogP contribution >= 0.6 is 11.8 Å². The van der Waals surface area contributed by atoms with Gasteiger partial charge in [-0.05, 0) is 19.7 Å². The van der Waals surface area contributed by atoms with E-state index in [1.54, 1.807) is 19.0 Å². The van der Waals surface area contributed by atoms with Crippen LogP contribution < -0.4 is 27.4 Å². The molecule has 0 saturated carbocycles. The second kappa shape index (κ2) is 16.5. The monoisotopic (exact) mass is 523 g/mol. The average Bonchev–Trinajstić information content (AvgIpc) is 2.81. The summed E-state index contributed by atoms with van der Waals surface area (Å²) in [5, 5.41) is 7.99. The zero-order valence-corrected chi connectivity index (χ0v) is 21.8. The number of hydrogen-bond acceptors (Lipinski definition) is 8. The number of nitrogens with one attached hydrogen (secondary N) is 3. The van der Waals surface area contributed by atoms with Crippen LogP contribution in [0.25, 0.3) is 0 Å². The summed E-state index contributed by atoms with van der Waals surface area (Å²) in [4.78, 5) is 63.5. The Morgan fingerprint density at radius 2 is 1.58 bits per heavy atom. The van der Waals surface area contributed by atoms with Crippen molar-refractivity contribution < 1.29 is 24.0 Å². The molecule has 0 saturated heterocycles. The third kappa shape index (κ3) is 12.5. The van der Waals surface area contributed by atoms with E-state index in [2.05, 4.69) is 16.0 Å². The van der Waals surface area contributed by atoms with Gasteiger partial charge in [-0.2, -0.15) is 11.8 Å². The molecule has 7 N–H and O–H groups in total. The third-order valence-electron chi connectivity index (χ3n) is 4.81. The van der Waals surface area contributed by atoms with E-state index < -0.39 is 29.8 Å². The van der Waals surface area contributed by atoms with Gasteiger partial charge in [-0.1, -0.05) is 30.3 Å². The molecule has 1 rings (SSSR count). The molecule has 0 aliphatic rings. The quantitative estimate of drug-likeness (QED) is 0.148. The highest BCUT2D eigenvalue weighted by Gasteiger charge is 2.25. The van der Waals surface area contributed by atoms with Crippen molar-refractivity contribution in [2.45, 2.75) is 18.5 Å². The van der Waals surface area contributed by atoms with Crippen molar-refractivity contribution in [2.24, 2.45) is 11.5 Å². The minimum atomic E-state index is -0.861. The normalized spacial score (nSPS) is 12.4. The van der Waals surface area contributed by atoms with Crippen LogP contribution in [0.4, 0.5) is 0 Å². The second-order valence-electron chi connectivity index (χ2n) is 8.41. The molecule has 0 unspecified atom stereocenters. The van der Waals surface area contributed by atoms with Gasteiger partial charge in [0.25, 0.3) is 0 Å². The molecular formula is C23H37N7O5S. The Balaban J connectivity index is 2.52. The maximum absolute atomic E-state index is 12.8. The van der Waals surface area contributed by atoms with E-state index in [-0.39, 0.29) is 50.2 Å². The molecule has 0 heterocycles. The van der Waals surface area contributed by atoms with Gasteiger partial charge in [-0.15, -0.1) is 0 Å². The van der Waals surface area contributed by atoms with Crippen LogP contribution in [-0.4, -0.2) is 110 Å². The molecule has 0 fully saturated rings. The Bertz CT molecular complexity index is 885. The van der Waals surface area contributed by atoms with Crippen LogP contribution in [0.1, 0.15) is 5.56 Å². The van der Waals surface area contributed by atoms with E-state index >= 15 is 0 Å². The van der Waals surface area contributed by atoms with Crippen LogP contribution in [0.5, 0.6) is 0 Å². The predicted octanol–water partition coefficient (Wildman–Crippen LogP) is -2.49. The average molecular weight is 524 g/mol. The summed E-state index contributed by atoms with van der Waals surface area (Å²) in [6.45, 7) is 0.112. The molecular weight excluding hydrogens is 486 g/mol. The SMILES string of the molecule is CN(C)CC(=O)N[C@@H](CN)C(=O)NCCSCC(=O)N[C@@H](Cc1ccccc1)C(=O)N(C)CC(N)=O. The Morgan fingerprint density at radius 3 is 2.17 bits per heavy atom. The molecule has 0 spiro atoms. The number of thioether (sulfide) groups is 1. The van der Waals surface area contributed by atoms with Gasteiger partial charge in [0.05, 0.1) is 18.8 Å². The van der Waals surface area contributed by atoms with Crippen molar-refractivity contribution in [3.8, 4) is 0 Å². The Morgan fingerprint density at radius 1 is 0.944 bits per heavy atom. The molecule has 5 amide bonds. The van der Waals surface area contributed by atoms with Gasteiger partial charge >= 0.3 is 0 Å². The number of benzene rings is 1. The van der Waals surface area contributed by atoms with Crippen molar-refractivity contribution in [1.29, 1.82) is 0 Å². The largest absolute Gasteiger partial charge is 0.368 e. The van der Waals surface area contributed by atoms with Gasteiger partial charge in [0.15, 0.2) is 0 Å². The molecule has 12 nitrogen and oxygen atoms in total. The van der Waals surface area contributed by atoms with Crippen molar-refractivity contribution in [1.82, 2.24) is 25.8 Å². The first-order chi connectivity index (χ1) is 17.0. The fourth-order valence-corrected chi connectivity index (χ4v) is 3.82. The van der Waals surface area contributed by atoms with Gasteiger partial charge < -0.3 is 37.2 Å². The number of likely N-dealkylation sites (N-methyl/N-ethyl adjacent to an activating group) is 2. The topological polar surface area (TPSA) is 180 Å². The molecule has 0 aromatic heterocycles. The summed E-state index contributed by atoms with van der Waals surface area (Å²) in [6, 6.07) is 7.50. The summed E-state index contributed by atoms with van der Waals surface area (Å²) >= 11 is 1.27. The van der Waals surface area contributed by atoms with Crippen molar-refractivity contribution in [3.05, 3.63) is 35.9 Å². The summed E-state index contributed by atoms with van der Waals surface area (Å²) < 4.78 is 0. The number of hydrogen-bond donors (Lipinski definition) is 5. The number of nitrogens with zero attached hydrogens (tertiary/aromatic N) is 2. The smallest absolute Gasteiger partial charge is 0.245 e. The highest BCUT2D eigenvalue weighted by Crippen LogP contribution is 2.07. The highest BCUT2D eigenvalue weighted by molar-refractivity contribution is 7.99. The van der Waals surface area contributed by atoms with Crippen LogP contribution in [0.2, 0.25) is 0 Å². The minimum absolute atomic E-state index is 0.0401. The van der Waals surface area contributed by atoms with Gasteiger partial charge in [0, 0.05) is 32.3 Å². The van der Waals surface area contributed by atoms with E-state index in [0.717, 1.165) is 5.56 Å². The number of amides is 5. The number of nitrogens with two attached hydrogens (primary N) is 2. The lowest BCUT2D eigenvalue weighted by molar-refractivity contribution is -0.137. The lowest BCUT2D eigenvalue weighted by Crippen LogP contribution is -2.52.